The zero-order chi connectivity index (χ0) is 11.5. The number of aromatic nitrogens is 2. The molecule has 0 unspecified atom stereocenters. The van der Waals surface area contributed by atoms with Crippen LogP contribution in [0.15, 0.2) is 12.3 Å². The van der Waals surface area contributed by atoms with E-state index in [-0.39, 0.29) is 24.2 Å². The Labute approximate surface area is 107 Å². The molecule has 0 saturated heterocycles. The summed E-state index contributed by atoms with van der Waals surface area (Å²) in [4.78, 5) is 12.0. The molecule has 0 bridgehead atoms. The van der Waals surface area contributed by atoms with Crippen LogP contribution in [0.25, 0.3) is 0 Å². The number of anilines is 1. The van der Waals surface area contributed by atoms with E-state index < -0.39 is 0 Å². The number of aryl methyl sites for hydroxylation is 1. The number of carbonyl (C=O) groups is 1. The molecule has 0 aromatic carbocycles. The van der Waals surface area contributed by atoms with Crippen LogP contribution in [0.3, 0.4) is 0 Å². The van der Waals surface area contributed by atoms with Crippen molar-refractivity contribution in [1.29, 1.82) is 0 Å². The largest absolute Gasteiger partial charge is 0.330 e. The fourth-order valence-corrected chi connectivity index (χ4v) is 2.38. The molecule has 1 aliphatic carbocycles. The van der Waals surface area contributed by atoms with Gasteiger partial charge in [0.25, 0.3) is 0 Å². The first-order chi connectivity index (χ1) is 7.72. The maximum atomic E-state index is 12.0. The van der Waals surface area contributed by atoms with Crippen LogP contribution in [0.4, 0.5) is 5.82 Å². The summed E-state index contributed by atoms with van der Waals surface area (Å²) >= 11 is 0. The predicted molar refractivity (Wildman–Crippen MR) is 69.0 cm³/mol. The van der Waals surface area contributed by atoms with Crippen molar-refractivity contribution in [3.05, 3.63) is 12.3 Å². The summed E-state index contributed by atoms with van der Waals surface area (Å²) < 4.78 is 1.66. The van der Waals surface area contributed by atoms with Crippen LogP contribution in [0, 0.1) is 11.8 Å². The molecular weight excluding hydrogens is 240 g/mol. The molecule has 1 aliphatic rings. The highest BCUT2D eigenvalue weighted by Crippen LogP contribution is 2.31. The SMILES string of the molecule is Cl.Cn1nccc1NC(=O)[C@@H]1CCC[C@@H]1CN. The minimum atomic E-state index is 0. The molecule has 0 radical (unpaired) electrons. The second-order valence-electron chi connectivity index (χ2n) is 4.36. The monoisotopic (exact) mass is 258 g/mol. The molecule has 1 aromatic heterocycles. The quantitative estimate of drug-likeness (QED) is 0.854. The molecule has 1 heterocycles. The number of hydrogen-bond acceptors (Lipinski definition) is 3. The lowest BCUT2D eigenvalue weighted by Crippen LogP contribution is -2.30. The van der Waals surface area contributed by atoms with Crippen molar-refractivity contribution in [3.8, 4) is 0 Å². The van der Waals surface area contributed by atoms with Crippen molar-refractivity contribution in [2.75, 3.05) is 11.9 Å². The van der Waals surface area contributed by atoms with Gasteiger partial charge in [-0.1, -0.05) is 6.42 Å². The Hall–Kier alpha value is -1.07. The molecule has 17 heavy (non-hydrogen) atoms. The van der Waals surface area contributed by atoms with Crippen LogP contribution in [-0.2, 0) is 11.8 Å². The number of nitrogens with two attached hydrogens (primary N) is 1. The Morgan fingerprint density at radius 3 is 3.00 bits per heavy atom. The lowest BCUT2D eigenvalue weighted by molar-refractivity contribution is -0.120. The maximum absolute atomic E-state index is 12.0. The number of carbonyl (C=O) groups excluding carboxylic acids is 1. The molecule has 5 nitrogen and oxygen atoms in total. The molecule has 1 aromatic rings. The van der Waals surface area contributed by atoms with Gasteiger partial charge in [0.05, 0.1) is 6.20 Å². The first-order valence-corrected chi connectivity index (χ1v) is 5.71. The molecule has 6 heteroatoms. The highest BCUT2D eigenvalue weighted by atomic mass is 35.5. The van der Waals surface area contributed by atoms with Crippen molar-refractivity contribution in [1.82, 2.24) is 9.78 Å². The number of nitrogens with one attached hydrogen (secondary N) is 1. The van der Waals surface area contributed by atoms with Crippen molar-refractivity contribution >= 4 is 24.1 Å². The number of halogens is 1. The third-order valence-corrected chi connectivity index (χ3v) is 3.37. The van der Waals surface area contributed by atoms with E-state index in [1.165, 1.54) is 0 Å². The van der Waals surface area contributed by atoms with Crippen LogP contribution in [0.2, 0.25) is 0 Å². The van der Waals surface area contributed by atoms with E-state index in [2.05, 4.69) is 10.4 Å². The Kier molecular flexibility index (Phi) is 4.96. The minimum Gasteiger partial charge on any atom is -0.330 e. The van der Waals surface area contributed by atoms with Gasteiger partial charge in [-0.2, -0.15) is 5.10 Å². The molecule has 0 aliphatic heterocycles. The smallest absolute Gasteiger partial charge is 0.228 e. The Morgan fingerprint density at radius 1 is 1.65 bits per heavy atom. The van der Waals surface area contributed by atoms with Crippen molar-refractivity contribution in [3.63, 3.8) is 0 Å². The first-order valence-electron chi connectivity index (χ1n) is 5.71. The molecule has 1 fully saturated rings. The van der Waals surface area contributed by atoms with Gasteiger partial charge in [-0.05, 0) is 25.3 Å². The summed E-state index contributed by atoms with van der Waals surface area (Å²) in [5.41, 5.74) is 5.67. The van der Waals surface area contributed by atoms with Gasteiger partial charge in [-0.25, -0.2) is 0 Å². The number of amides is 1. The third-order valence-electron chi connectivity index (χ3n) is 3.37. The Bertz CT molecular complexity index is 379. The summed E-state index contributed by atoms with van der Waals surface area (Å²) in [5.74, 6) is 1.23. The van der Waals surface area contributed by atoms with Gasteiger partial charge >= 0.3 is 0 Å². The summed E-state index contributed by atoms with van der Waals surface area (Å²) in [6.07, 6.45) is 4.79. The molecule has 2 rings (SSSR count). The van der Waals surface area contributed by atoms with Gasteiger partial charge in [0.2, 0.25) is 5.91 Å². The van der Waals surface area contributed by atoms with Crippen molar-refractivity contribution in [2.24, 2.45) is 24.6 Å². The first kappa shape index (κ1) is 14.0. The van der Waals surface area contributed by atoms with Gasteiger partial charge in [-0.15, -0.1) is 12.4 Å². The molecule has 1 amide bonds. The van der Waals surface area contributed by atoms with E-state index in [9.17, 15) is 4.79 Å². The van der Waals surface area contributed by atoms with Crippen LogP contribution < -0.4 is 11.1 Å². The minimum absolute atomic E-state index is 0. The highest BCUT2D eigenvalue weighted by Gasteiger charge is 2.32. The standard InChI is InChI=1S/C11H18N4O.ClH/c1-15-10(5-6-13-15)14-11(16)9-4-2-3-8(9)7-12;/h5-6,8-9H,2-4,7,12H2,1H3,(H,14,16);1H/t8-,9-;/m1./s1. The summed E-state index contributed by atoms with van der Waals surface area (Å²) in [5, 5.41) is 6.92. The molecule has 1 saturated carbocycles. The van der Waals surface area contributed by atoms with Gasteiger partial charge in [0, 0.05) is 19.0 Å². The molecule has 96 valence electrons. The predicted octanol–water partition coefficient (Wildman–Crippen LogP) is 1.16. The van der Waals surface area contributed by atoms with E-state index >= 15 is 0 Å². The molecule has 2 atom stereocenters. The summed E-state index contributed by atoms with van der Waals surface area (Å²) in [6.45, 7) is 0.601. The Balaban J connectivity index is 0.00000144. The van der Waals surface area contributed by atoms with Crippen molar-refractivity contribution < 1.29 is 4.79 Å². The molecule has 3 N–H and O–H groups in total. The van der Waals surface area contributed by atoms with E-state index in [1.54, 1.807) is 16.9 Å². The van der Waals surface area contributed by atoms with Crippen LogP contribution in [-0.4, -0.2) is 22.2 Å². The average Bonchev–Trinajstić information content (AvgIpc) is 2.87. The van der Waals surface area contributed by atoms with E-state index in [0.717, 1.165) is 25.1 Å². The number of hydrogen-bond donors (Lipinski definition) is 2. The van der Waals surface area contributed by atoms with Crippen LogP contribution in [0.1, 0.15) is 19.3 Å². The fourth-order valence-electron chi connectivity index (χ4n) is 2.38. The summed E-state index contributed by atoms with van der Waals surface area (Å²) in [7, 11) is 1.81. The molecule has 0 spiro atoms. The summed E-state index contributed by atoms with van der Waals surface area (Å²) in [6, 6.07) is 1.80. The fraction of sp³-hybridized carbons (Fsp3) is 0.636. The van der Waals surface area contributed by atoms with E-state index in [4.69, 9.17) is 5.73 Å². The van der Waals surface area contributed by atoms with Gasteiger partial charge in [-0.3, -0.25) is 9.48 Å². The lowest BCUT2D eigenvalue weighted by Gasteiger charge is -2.17. The zero-order valence-electron chi connectivity index (χ0n) is 9.93. The van der Waals surface area contributed by atoms with Crippen LogP contribution >= 0.6 is 12.4 Å². The molecular formula is C11H19ClN4O. The zero-order valence-corrected chi connectivity index (χ0v) is 10.7. The van der Waals surface area contributed by atoms with E-state index in [1.807, 2.05) is 7.05 Å². The second kappa shape index (κ2) is 6.02. The van der Waals surface area contributed by atoms with Crippen LogP contribution in [0.5, 0.6) is 0 Å². The number of rotatable bonds is 3. The Morgan fingerprint density at radius 2 is 2.41 bits per heavy atom. The third kappa shape index (κ3) is 2.98. The average molecular weight is 259 g/mol. The number of nitrogens with zero attached hydrogens (tertiary/aromatic N) is 2. The maximum Gasteiger partial charge on any atom is 0.228 e. The lowest BCUT2D eigenvalue weighted by atomic mass is 9.95. The highest BCUT2D eigenvalue weighted by molar-refractivity contribution is 5.92. The van der Waals surface area contributed by atoms with Crippen molar-refractivity contribution in [2.45, 2.75) is 19.3 Å². The second-order valence-corrected chi connectivity index (χ2v) is 4.36. The van der Waals surface area contributed by atoms with E-state index in [0.29, 0.717) is 12.5 Å². The topological polar surface area (TPSA) is 72.9 Å². The van der Waals surface area contributed by atoms with Gasteiger partial charge in [0.1, 0.15) is 5.82 Å². The van der Waals surface area contributed by atoms with Gasteiger partial charge < -0.3 is 11.1 Å². The normalized spacial score (nSPS) is 23.2. The van der Waals surface area contributed by atoms with Gasteiger partial charge in [0.15, 0.2) is 0 Å².